The number of halogens is 1. The largest absolute Gasteiger partial charge is 0.362 e. The Morgan fingerprint density at radius 1 is 1.00 bits per heavy atom. The molecule has 1 heterocycles. The van der Waals surface area contributed by atoms with Gasteiger partial charge in [0, 0.05) is 38.1 Å². The molecule has 0 bridgehead atoms. The highest BCUT2D eigenvalue weighted by Crippen LogP contribution is 2.29. The zero-order valence-corrected chi connectivity index (χ0v) is 18.6. The van der Waals surface area contributed by atoms with Crippen molar-refractivity contribution >= 4 is 28.6 Å². The third kappa shape index (κ3) is 5.33. The number of benzene rings is 2. The molecule has 0 spiro atoms. The number of hydrogen-bond donors (Lipinski definition) is 2. The lowest BCUT2D eigenvalue weighted by atomic mass is 9.82. The molecule has 0 aliphatic heterocycles. The first-order chi connectivity index (χ1) is 15.5. The molecule has 0 saturated heterocycles. The molecule has 0 radical (unpaired) electrons. The molecule has 1 fully saturated rings. The smallest absolute Gasteiger partial charge is 0.251 e. The van der Waals surface area contributed by atoms with Crippen LogP contribution in [0.1, 0.15) is 36.0 Å². The fourth-order valence-corrected chi connectivity index (χ4v) is 4.32. The summed E-state index contributed by atoms with van der Waals surface area (Å²) in [6, 6.07) is 13.9. The zero-order chi connectivity index (χ0) is 22.5. The summed E-state index contributed by atoms with van der Waals surface area (Å²) >= 11 is 0. The van der Waals surface area contributed by atoms with Crippen molar-refractivity contribution in [2.45, 2.75) is 25.7 Å². The summed E-state index contributed by atoms with van der Waals surface area (Å²) in [4.78, 5) is 23.6. The maximum absolute atomic E-state index is 13.3. The molecule has 2 aromatic carbocycles. The van der Waals surface area contributed by atoms with Gasteiger partial charge in [-0.15, -0.1) is 0 Å². The summed E-state index contributed by atoms with van der Waals surface area (Å²) in [7, 11) is 3.99. The molecule has 1 aromatic heterocycles. The first-order valence-corrected chi connectivity index (χ1v) is 11.2. The Morgan fingerprint density at radius 3 is 2.44 bits per heavy atom. The van der Waals surface area contributed by atoms with Crippen molar-refractivity contribution < 1.29 is 9.18 Å². The van der Waals surface area contributed by atoms with E-state index in [-0.39, 0.29) is 5.91 Å². The van der Waals surface area contributed by atoms with Crippen molar-refractivity contribution in [1.82, 2.24) is 15.3 Å². The van der Waals surface area contributed by atoms with Gasteiger partial charge in [0.2, 0.25) is 5.95 Å². The Morgan fingerprint density at radius 2 is 1.72 bits per heavy atom. The minimum Gasteiger partial charge on any atom is -0.362 e. The lowest BCUT2D eigenvalue weighted by Gasteiger charge is -2.29. The second kappa shape index (κ2) is 9.94. The fraction of sp³-hybridized carbons (Fsp3) is 0.400. The van der Waals surface area contributed by atoms with Crippen LogP contribution in [0.3, 0.4) is 0 Å². The number of amides is 1. The normalized spacial score (nSPS) is 18.3. The van der Waals surface area contributed by atoms with Crippen molar-refractivity contribution in [2.24, 2.45) is 11.8 Å². The van der Waals surface area contributed by atoms with E-state index in [1.807, 2.05) is 43.3 Å². The van der Waals surface area contributed by atoms with E-state index in [0.717, 1.165) is 48.9 Å². The lowest BCUT2D eigenvalue weighted by Crippen LogP contribution is -2.32. The van der Waals surface area contributed by atoms with Gasteiger partial charge in [0.1, 0.15) is 11.6 Å². The Balaban J connectivity index is 1.26. The van der Waals surface area contributed by atoms with Gasteiger partial charge in [-0.1, -0.05) is 18.2 Å². The monoisotopic (exact) mass is 435 g/mol. The van der Waals surface area contributed by atoms with Gasteiger partial charge >= 0.3 is 0 Å². The summed E-state index contributed by atoms with van der Waals surface area (Å²) in [6.45, 7) is 1.48. The van der Waals surface area contributed by atoms with Gasteiger partial charge in [0.05, 0.1) is 5.52 Å². The van der Waals surface area contributed by atoms with Gasteiger partial charge in [0.25, 0.3) is 5.91 Å². The van der Waals surface area contributed by atoms with E-state index in [4.69, 9.17) is 4.98 Å². The maximum Gasteiger partial charge on any atom is 0.251 e. The molecular formula is C25H30FN5O. The second-order valence-electron chi connectivity index (χ2n) is 8.77. The summed E-state index contributed by atoms with van der Waals surface area (Å²) < 4.78 is 13.3. The molecule has 7 heteroatoms. The molecule has 32 heavy (non-hydrogen) atoms. The third-order valence-electron chi connectivity index (χ3n) is 6.16. The molecule has 1 saturated carbocycles. The SMILES string of the molecule is CN(C)c1nc(NCC2CCC(CNC(=O)c3cccc(F)c3)CC2)nc2ccccc12. The van der Waals surface area contributed by atoms with E-state index < -0.39 is 5.82 Å². The molecule has 2 N–H and O–H groups in total. The van der Waals surface area contributed by atoms with E-state index in [9.17, 15) is 9.18 Å². The highest BCUT2D eigenvalue weighted by molar-refractivity contribution is 5.94. The molecule has 6 nitrogen and oxygen atoms in total. The van der Waals surface area contributed by atoms with Crippen LogP contribution >= 0.6 is 0 Å². The van der Waals surface area contributed by atoms with Gasteiger partial charge in [-0.2, -0.15) is 4.98 Å². The minimum absolute atomic E-state index is 0.210. The van der Waals surface area contributed by atoms with Gasteiger partial charge in [-0.25, -0.2) is 9.37 Å². The molecule has 1 aliphatic rings. The number of carbonyl (C=O) groups is 1. The van der Waals surface area contributed by atoms with Crippen molar-refractivity contribution in [3.8, 4) is 0 Å². The Bertz CT molecular complexity index is 1080. The molecule has 3 aromatic rings. The molecule has 1 amide bonds. The van der Waals surface area contributed by atoms with Crippen molar-refractivity contribution in [2.75, 3.05) is 37.4 Å². The van der Waals surface area contributed by atoms with Crippen molar-refractivity contribution in [3.05, 3.63) is 59.9 Å². The average Bonchev–Trinajstić information content (AvgIpc) is 2.81. The van der Waals surface area contributed by atoms with Crippen LogP contribution in [0.25, 0.3) is 10.9 Å². The van der Waals surface area contributed by atoms with E-state index in [2.05, 4.69) is 15.6 Å². The lowest BCUT2D eigenvalue weighted by molar-refractivity contribution is 0.0941. The summed E-state index contributed by atoms with van der Waals surface area (Å²) in [5.41, 5.74) is 1.31. The summed E-state index contributed by atoms with van der Waals surface area (Å²) in [5, 5.41) is 7.44. The van der Waals surface area contributed by atoms with Crippen LogP contribution in [0.5, 0.6) is 0 Å². The molecule has 0 unspecified atom stereocenters. The fourth-order valence-electron chi connectivity index (χ4n) is 4.32. The van der Waals surface area contributed by atoms with Gasteiger partial charge in [-0.05, 0) is 67.9 Å². The van der Waals surface area contributed by atoms with Crippen LogP contribution in [-0.4, -0.2) is 43.1 Å². The number of carbonyl (C=O) groups excluding carboxylic acids is 1. The first kappa shape index (κ1) is 22.0. The zero-order valence-electron chi connectivity index (χ0n) is 18.6. The quantitative estimate of drug-likeness (QED) is 0.573. The van der Waals surface area contributed by atoms with Crippen LogP contribution in [0.4, 0.5) is 16.2 Å². The predicted octanol–water partition coefficient (Wildman–Crippen LogP) is 4.48. The van der Waals surface area contributed by atoms with E-state index in [1.165, 1.54) is 12.1 Å². The molecule has 4 rings (SSSR count). The number of anilines is 2. The Labute approximate surface area is 188 Å². The average molecular weight is 436 g/mol. The first-order valence-electron chi connectivity index (χ1n) is 11.2. The van der Waals surface area contributed by atoms with Crippen LogP contribution in [-0.2, 0) is 0 Å². The number of hydrogen-bond acceptors (Lipinski definition) is 5. The molecule has 0 atom stereocenters. The van der Waals surface area contributed by atoms with Crippen LogP contribution < -0.4 is 15.5 Å². The van der Waals surface area contributed by atoms with Gasteiger partial charge in [0.15, 0.2) is 0 Å². The summed E-state index contributed by atoms with van der Waals surface area (Å²) in [5.74, 6) is 1.99. The highest BCUT2D eigenvalue weighted by atomic mass is 19.1. The van der Waals surface area contributed by atoms with E-state index in [1.54, 1.807) is 12.1 Å². The number of nitrogens with zero attached hydrogens (tertiary/aromatic N) is 3. The minimum atomic E-state index is -0.390. The molecular weight excluding hydrogens is 405 g/mol. The van der Waals surface area contributed by atoms with Crippen LogP contribution in [0.15, 0.2) is 48.5 Å². The summed E-state index contributed by atoms with van der Waals surface area (Å²) in [6.07, 6.45) is 4.33. The van der Waals surface area contributed by atoms with Gasteiger partial charge in [-0.3, -0.25) is 4.79 Å². The van der Waals surface area contributed by atoms with E-state index >= 15 is 0 Å². The third-order valence-corrected chi connectivity index (χ3v) is 6.16. The van der Waals surface area contributed by atoms with Crippen molar-refractivity contribution in [3.63, 3.8) is 0 Å². The Kier molecular flexibility index (Phi) is 6.83. The van der Waals surface area contributed by atoms with Crippen LogP contribution in [0.2, 0.25) is 0 Å². The second-order valence-corrected chi connectivity index (χ2v) is 8.77. The number of nitrogens with one attached hydrogen (secondary N) is 2. The topological polar surface area (TPSA) is 70.2 Å². The molecule has 168 valence electrons. The maximum atomic E-state index is 13.3. The Hall–Kier alpha value is -3.22. The highest BCUT2D eigenvalue weighted by Gasteiger charge is 2.22. The number of aromatic nitrogens is 2. The molecule has 1 aliphatic carbocycles. The van der Waals surface area contributed by atoms with Gasteiger partial charge < -0.3 is 15.5 Å². The standard InChI is InChI=1S/C25H30FN5O/c1-31(2)23-21-8-3-4-9-22(21)29-25(30-23)28-16-18-12-10-17(11-13-18)15-27-24(32)19-6-5-7-20(26)14-19/h3-9,14,17-18H,10-13,15-16H2,1-2H3,(H,27,32)(H,28,29,30). The number of fused-ring (bicyclic) bond motifs is 1. The van der Waals surface area contributed by atoms with Crippen molar-refractivity contribution in [1.29, 1.82) is 0 Å². The van der Waals surface area contributed by atoms with E-state index in [0.29, 0.717) is 29.9 Å². The predicted molar refractivity (Wildman–Crippen MR) is 127 cm³/mol. The number of rotatable bonds is 7. The van der Waals surface area contributed by atoms with Crippen LogP contribution in [0, 0.1) is 17.7 Å². The number of para-hydroxylation sites is 1.